The third kappa shape index (κ3) is 15.0. The van der Waals surface area contributed by atoms with Gasteiger partial charge in [0.25, 0.3) is 0 Å². The fourth-order valence-electron chi connectivity index (χ4n) is 7.50. The molecule has 0 aromatic rings. The highest BCUT2D eigenvalue weighted by molar-refractivity contribution is 7.81. The van der Waals surface area contributed by atoms with Gasteiger partial charge in [-0.05, 0) is 126 Å². The van der Waals surface area contributed by atoms with E-state index in [-0.39, 0.29) is 17.8 Å². The lowest BCUT2D eigenvalue weighted by molar-refractivity contribution is -0.0553. The Balaban J connectivity index is 1.58. The van der Waals surface area contributed by atoms with Crippen molar-refractivity contribution in [1.29, 1.82) is 0 Å². The zero-order chi connectivity index (χ0) is 33.6. The maximum atomic E-state index is 11.0. The zero-order valence-corrected chi connectivity index (χ0v) is 31.0. The topological polar surface area (TPSA) is 98.1 Å². The molecule has 0 radical (unpaired) electrons. The van der Waals surface area contributed by atoms with Gasteiger partial charge in [0.05, 0.1) is 49.3 Å². The van der Waals surface area contributed by atoms with Gasteiger partial charge in [-0.1, -0.05) is 0 Å². The van der Waals surface area contributed by atoms with Crippen LogP contribution in [0.2, 0.25) is 0 Å². The molecule has 8 atom stereocenters. The molecule has 3 aliphatic heterocycles. The first-order valence-electron chi connectivity index (χ1n) is 17.6. The van der Waals surface area contributed by atoms with Gasteiger partial charge in [-0.2, -0.15) is 0 Å². The van der Waals surface area contributed by atoms with E-state index in [0.717, 1.165) is 64.8 Å². The third-order valence-electron chi connectivity index (χ3n) is 9.55. The van der Waals surface area contributed by atoms with Gasteiger partial charge >= 0.3 is 0 Å². The van der Waals surface area contributed by atoms with E-state index in [0.29, 0.717) is 49.6 Å². The summed E-state index contributed by atoms with van der Waals surface area (Å²) in [6.45, 7) is 22.2. The summed E-state index contributed by atoms with van der Waals surface area (Å²) in [5, 5.41) is 32.4. The highest BCUT2D eigenvalue weighted by atomic mass is 32.1. The van der Waals surface area contributed by atoms with Crippen molar-refractivity contribution < 1.29 is 29.5 Å². The van der Waals surface area contributed by atoms with Crippen LogP contribution >= 0.6 is 12.6 Å². The van der Waals surface area contributed by atoms with Gasteiger partial charge in [-0.3, -0.25) is 9.80 Å². The smallest absolute Gasteiger partial charge is 0.105 e. The molecule has 0 aliphatic carbocycles. The Morgan fingerprint density at radius 3 is 1.69 bits per heavy atom. The maximum absolute atomic E-state index is 11.0. The Hall–Kier alpha value is -0.0100. The summed E-state index contributed by atoms with van der Waals surface area (Å²) in [6.07, 6.45) is 5.19. The number of hydrogen-bond acceptors (Lipinski definition) is 10. The molecule has 266 valence electrons. The van der Waals surface area contributed by atoms with Crippen LogP contribution in [0.25, 0.3) is 0 Å². The van der Waals surface area contributed by atoms with E-state index >= 15 is 0 Å². The van der Waals surface area contributed by atoms with Crippen molar-refractivity contribution in [3.8, 4) is 0 Å². The summed E-state index contributed by atoms with van der Waals surface area (Å²) in [5.74, 6) is 1.05. The van der Waals surface area contributed by atoms with Crippen LogP contribution in [0, 0.1) is 11.8 Å². The SMILES string of the molecule is CN1CC(CN2CC(CN3CCCC3C[C@H](O)COC(C)(C)C)CC2C[C@@H](O)COC(C)(C)S)CC1CC(O)COC(C)(C)C. The minimum absolute atomic E-state index is 0.245. The molecule has 0 bridgehead atoms. The van der Waals surface area contributed by atoms with Gasteiger partial charge < -0.3 is 34.4 Å². The predicted octanol–water partition coefficient (Wildman–Crippen LogP) is 4.03. The second-order valence-electron chi connectivity index (χ2n) is 17.0. The van der Waals surface area contributed by atoms with Gasteiger partial charge in [0, 0.05) is 44.3 Å². The summed E-state index contributed by atoms with van der Waals surface area (Å²) in [7, 11) is 2.18. The summed E-state index contributed by atoms with van der Waals surface area (Å²) >= 11 is 4.47. The van der Waals surface area contributed by atoms with Crippen LogP contribution in [-0.2, 0) is 14.2 Å². The summed E-state index contributed by atoms with van der Waals surface area (Å²) in [5.41, 5.74) is -0.494. The van der Waals surface area contributed by atoms with E-state index < -0.39 is 23.2 Å². The summed E-state index contributed by atoms with van der Waals surface area (Å²) in [4.78, 5) is 7.08. The fourth-order valence-corrected chi connectivity index (χ4v) is 7.57. The van der Waals surface area contributed by atoms with Crippen molar-refractivity contribution in [2.24, 2.45) is 11.8 Å². The second-order valence-corrected chi connectivity index (χ2v) is 18.0. The first-order valence-corrected chi connectivity index (χ1v) is 18.1. The molecule has 3 rings (SSSR count). The molecule has 0 aromatic heterocycles. The van der Waals surface area contributed by atoms with Crippen molar-refractivity contribution in [2.75, 3.05) is 59.6 Å². The van der Waals surface area contributed by atoms with E-state index in [1.807, 2.05) is 55.4 Å². The Morgan fingerprint density at radius 1 is 0.667 bits per heavy atom. The number of thiol groups is 1. The predicted molar refractivity (Wildman–Crippen MR) is 185 cm³/mol. The van der Waals surface area contributed by atoms with Gasteiger partial charge in [-0.15, -0.1) is 12.6 Å². The van der Waals surface area contributed by atoms with Crippen LogP contribution in [0.4, 0.5) is 0 Å². The fraction of sp³-hybridized carbons (Fsp3) is 1.00. The van der Waals surface area contributed by atoms with E-state index in [9.17, 15) is 15.3 Å². The molecule has 0 aromatic carbocycles. The third-order valence-corrected chi connectivity index (χ3v) is 9.68. The van der Waals surface area contributed by atoms with Crippen molar-refractivity contribution in [2.45, 2.75) is 153 Å². The normalized spacial score (nSPS) is 29.9. The largest absolute Gasteiger partial charge is 0.391 e. The molecule has 6 unspecified atom stereocenters. The molecular weight excluding hydrogens is 590 g/mol. The summed E-state index contributed by atoms with van der Waals surface area (Å²) in [6, 6.07) is 1.05. The molecule has 3 saturated heterocycles. The number of aliphatic hydroxyl groups is 3. The molecule has 3 aliphatic rings. The van der Waals surface area contributed by atoms with Crippen LogP contribution in [-0.4, -0.2) is 142 Å². The number of likely N-dealkylation sites (tertiary alicyclic amines) is 3. The number of hydrogen-bond donors (Lipinski definition) is 4. The minimum Gasteiger partial charge on any atom is -0.391 e. The lowest BCUT2D eigenvalue weighted by Gasteiger charge is -2.30. The van der Waals surface area contributed by atoms with Gasteiger partial charge in [-0.25, -0.2) is 0 Å². The Labute approximate surface area is 280 Å². The monoisotopic (exact) mass is 659 g/mol. The molecule has 3 heterocycles. The van der Waals surface area contributed by atoms with Crippen molar-refractivity contribution in [3.05, 3.63) is 0 Å². The molecule has 9 nitrogen and oxygen atoms in total. The number of rotatable bonds is 17. The standard InChI is InChI=1S/C35H69N3O6S/c1-33(2,3)42-22-30(39)15-27-11-10-12-37(27)19-26-14-29(17-32(41)24-44-35(7,8)45)38(21-26)20-25-13-28(36(9)18-25)16-31(40)23-43-34(4,5)6/h25-32,39-41,45H,10-24H2,1-9H3/t25?,26?,27?,28?,29?,30-,31?,32+/m0/s1. The molecule has 45 heavy (non-hydrogen) atoms. The molecule has 0 spiro atoms. The number of ether oxygens (including phenoxy) is 3. The van der Waals surface area contributed by atoms with E-state index in [4.69, 9.17) is 14.2 Å². The quantitative estimate of drug-likeness (QED) is 0.136. The molecule has 0 saturated carbocycles. The average molecular weight is 660 g/mol. The van der Waals surface area contributed by atoms with Crippen molar-refractivity contribution in [3.63, 3.8) is 0 Å². The van der Waals surface area contributed by atoms with Crippen molar-refractivity contribution >= 4 is 12.6 Å². The molecule has 10 heteroatoms. The van der Waals surface area contributed by atoms with Crippen LogP contribution in [0.5, 0.6) is 0 Å². The first-order chi connectivity index (χ1) is 20.8. The van der Waals surface area contributed by atoms with E-state index in [1.54, 1.807) is 0 Å². The van der Waals surface area contributed by atoms with Crippen molar-refractivity contribution in [1.82, 2.24) is 14.7 Å². The lowest BCUT2D eigenvalue weighted by Crippen LogP contribution is -2.39. The Kier molecular flexibility index (Phi) is 15.0. The van der Waals surface area contributed by atoms with Crippen LogP contribution in [0.1, 0.15) is 100 Å². The average Bonchev–Trinajstić information content (AvgIpc) is 3.58. The van der Waals surface area contributed by atoms with E-state index in [1.165, 1.54) is 6.42 Å². The number of nitrogens with zero attached hydrogens (tertiary/aromatic N) is 3. The lowest BCUT2D eigenvalue weighted by atomic mass is 9.99. The molecule has 3 N–H and O–H groups in total. The highest BCUT2D eigenvalue weighted by Crippen LogP contribution is 2.34. The minimum atomic E-state index is -0.571. The van der Waals surface area contributed by atoms with Crippen LogP contribution in [0.15, 0.2) is 0 Å². The highest BCUT2D eigenvalue weighted by Gasteiger charge is 2.40. The van der Waals surface area contributed by atoms with Crippen LogP contribution < -0.4 is 0 Å². The van der Waals surface area contributed by atoms with Crippen LogP contribution in [0.3, 0.4) is 0 Å². The summed E-state index contributed by atoms with van der Waals surface area (Å²) < 4.78 is 17.5. The van der Waals surface area contributed by atoms with E-state index in [2.05, 4.69) is 34.4 Å². The zero-order valence-electron chi connectivity index (χ0n) is 30.1. The molecular formula is C35H69N3O6S. The van der Waals surface area contributed by atoms with Gasteiger partial charge in [0.1, 0.15) is 4.93 Å². The van der Waals surface area contributed by atoms with Gasteiger partial charge in [0.2, 0.25) is 0 Å². The second kappa shape index (κ2) is 17.1. The molecule has 0 amide bonds. The number of aliphatic hydroxyl groups excluding tert-OH is 3. The first kappa shape index (κ1) is 39.4. The Bertz CT molecular complexity index is 862. The maximum Gasteiger partial charge on any atom is 0.105 e. The molecule has 3 fully saturated rings. The Morgan fingerprint density at radius 2 is 1.13 bits per heavy atom. The van der Waals surface area contributed by atoms with Gasteiger partial charge in [0.15, 0.2) is 0 Å².